The Kier molecular flexibility index (Phi) is 3.43. The second kappa shape index (κ2) is 4.69. The van der Waals surface area contributed by atoms with E-state index in [2.05, 4.69) is 18.3 Å². The van der Waals surface area contributed by atoms with E-state index in [1.807, 2.05) is 12.3 Å². The standard InChI is InChI=1S/C13H18N2OS/c1-10(2)11-7-17-9-13(5-4-6-13)8-15(11)12(16)14-3/h7H,1,3-6,8-9H2,2H3. The summed E-state index contributed by atoms with van der Waals surface area (Å²) < 4.78 is 0. The highest BCUT2D eigenvalue weighted by molar-refractivity contribution is 8.02. The summed E-state index contributed by atoms with van der Waals surface area (Å²) in [6, 6.07) is -0.256. The van der Waals surface area contributed by atoms with Crippen LogP contribution in [0.3, 0.4) is 0 Å². The van der Waals surface area contributed by atoms with Crippen LogP contribution in [-0.4, -0.2) is 29.9 Å². The molecule has 0 saturated heterocycles. The Morgan fingerprint density at radius 3 is 2.76 bits per heavy atom. The van der Waals surface area contributed by atoms with Crippen molar-refractivity contribution in [1.29, 1.82) is 0 Å². The topological polar surface area (TPSA) is 32.7 Å². The van der Waals surface area contributed by atoms with Gasteiger partial charge in [-0.05, 0) is 42.9 Å². The molecule has 0 atom stereocenters. The number of carbonyl (C=O) groups excluding carboxylic acids is 1. The average Bonchev–Trinajstić information content (AvgIpc) is 2.46. The number of nitrogens with zero attached hydrogens (tertiary/aromatic N) is 2. The Balaban J connectivity index is 2.27. The van der Waals surface area contributed by atoms with Gasteiger partial charge in [0.25, 0.3) is 0 Å². The van der Waals surface area contributed by atoms with Gasteiger partial charge in [-0.25, -0.2) is 9.79 Å². The zero-order valence-corrected chi connectivity index (χ0v) is 11.1. The van der Waals surface area contributed by atoms with Gasteiger partial charge < -0.3 is 0 Å². The smallest absolute Gasteiger partial charge is 0.291 e. The Labute approximate surface area is 107 Å². The molecule has 1 aliphatic carbocycles. The maximum Gasteiger partial charge on any atom is 0.347 e. The Bertz CT molecular complexity index is 396. The number of allylic oxidation sites excluding steroid dienone is 1. The first-order valence-corrected chi connectivity index (χ1v) is 6.89. The van der Waals surface area contributed by atoms with E-state index in [9.17, 15) is 4.79 Å². The average molecular weight is 250 g/mol. The van der Waals surface area contributed by atoms with Gasteiger partial charge in [0.1, 0.15) is 0 Å². The van der Waals surface area contributed by atoms with E-state index in [0.717, 1.165) is 23.6 Å². The molecule has 3 nitrogen and oxygen atoms in total. The van der Waals surface area contributed by atoms with Crippen LogP contribution in [0.5, 0.6) is 0 Å². The van der Waals surface area contributed by atoms with E-state index in [-0.39, 0.29) is 6.03 Å². The third-order valence-corrected chi connectivity index (χ3v) is 4.76. The Morgan fingerprint density at radius 2 is 2.29 bits per heavy atom. The second-order valence-corrected chi connectivity index (χ2v) is 5.83. The van der Waals surface area contributed by atoms with Crippen LogP contribution < -0.4 is 0 Å². The van der Waals surface area contributed by atoms with Gasteiger partial charge in [0.2, 0.25) is 0 Å². The summed E-state index contributed by atoms with van der Waals surface area (Å²) in [6.45, 7) is 9.97. The van der Waals surface area contributed by atoms with Crippen molar-refractivity contribution in [2.75, 3.05) is 12.3 Å². The summed E-state index contributed by atoms with van der Waals surface area (Å²) in [6.07, 6.45) is 3.68. The van der Waals surface area contributed by atoms with Gasteiger partial charge in [-0.2, -0.15) is 0 Å². The Morgan fingerprint density at radius 1 is 1.59 bits per heavy atom. The number of hydrogen-bond donors (Lipinski definition) is 0. The van der Waals surface area contributed by atoms with Crippen LogP contribution in [0.15, 0.2) is 28.2 Å². The lowest BCUT2D eigenvalue weighted by atomic mass is 9.70. The number of carbonyl (C=O) groups is 1. The van der Waals surface area contributed by atoms with Crippen molar-refractivity contribution in [2.24, 2.45) is 10.4 Å². The first-order chi connectivity index (χ1) is 8.08. The van der Waals surface area contributed by atoms with Crippen LogP contribution in [0.2, 0.25) is 0 Å². The molecule has 1 heterocycles. The van der Waals surface area contributed by atoms with Crippen molar-refractivity contribution in [3.8, 4) is 0 Å². The highest BCUT2D eigenvalue weighted by atomic mass is 32.2. The van der Waals surface area contributed by atoms with Crippen LogP contribution in [-0.2, 0) is 0 Å². The molecule has 1 spiro atoms. The van der Waals surface area contributed by atoms with E-state index in [4.69, 9.17) is 0 Å². The molecule has 2 rings (SSSR count). The van der Waals surface area contributed by atoms with Crippen molar-refractivity contribution in [3.63, 3.8) is 0 Å². The molecule has 0 aromatic heterocycles. The SMILES string of the molecule is C=NC(=O)N1CC2(CCC2)CSC=C1C(=C)C. The number of urea groups is 1. The molecule has 92 valence electrons. The number of hydrogen-bond acceptors (Lipinski definition) is 2. The second-order valence-electron chi connectivity index (χ2n) is 4.97. The first kappa shape index (κ1) is 12.4. The normalized spacial score (nSPS) is 22.4. The summed E-state index contributed by atoms with van der Waals surface area (Å²) >= 11 is 1.79. The molecule has 2 aliphatic rings. The predicted molar refractivity (Wildman–Crippen MR) is 73.3 cm³/mol. The lowest BCUT2D eigenvalue weighted by Gasteiger charge is -2.43. The fourth-order valence-electron chi connectivity index (χ4n) is 2.39. The molecule has 0 aromatic carbocycles. The maximum absolute atomic E-state index is 11.9. The van der Waals surface area contributed by atoms with Gasteiger partial charge in [0.05, 0.1) is 5.70 Å². The van der Waals surface area contributed by atoms with E-state index >= 15 is 0 Å². The number of aliphatic imine (C=N–C) groups is 1. The molecule has 2 amide bonds. The molecule has 0 unspecified atom stereocenters. The maximum atomic E-state index is 11.9. The van der Waals surface area contributed by atoms with E-state index in [0.29, 0.717) is 5.41 Å². The minimum absolute atomic E-state index is 0.256. The molecular weight excluding hydrogens is 232 g/mol. The van der Waals surface area contributed by atoms with E-state index in [1.54, 1.807) is 16.7 Å². The van der Waals surface area contributed by atoms with Crippen LogP contribution in [0.4, 0.5) is 4.79 Å². The lowest BCUT2D eigenvalue weighted by Crippen LogP contribution is -2.44. The van der Waals surface area contributed by atoms with Crippen LogP contribution in [0.1, 0.15) is 26.2 Å². The zero-order chi connectivity index (χ0) is 12.5. The molecule has 4 heteroatoms. The Hall–Kier alpha value is -1.03. The monoisotopic (exact) mass is 250 g/mol. The predicted octanol–water partition coefficient (Wildman–Crippen LogP) is 3.44. The number of thioether (sulfide) groups is 1. The third kappa shape index (κ3) is 2.32. The van der Waals surface area contributed by atoms with Crippen molar-refractivity contribution < 1.29 is 4.79 Å². The minimum atomic E-state index is -0.256. The highest BCUT2D eigenvalue weighted by Gasteiger charge is 2.41. The largest absolute Gasteiger partial charge is 0.347 e. The van der Waals surface area contributed by atoms with Gasteiger partial charge in [-0.3, -0.25) is 4.90 Å². The fraction of sp³-hybridized carbons (Fsp3) is 0.538. The molecular formula is C13H18N2OS. The summed E-state index contributed by atoms with van der Waals surface area (Å²) in [7, 11) is 0. The molecule has 1 saturated carbocycles. The zero-order valence-electron chi connectivity index (χ0n) is 10.2. The molecule has 1 fully saturated rings. The first-order valence-electron chi connectivity index (χ1n) is 5.84. The van der Waals surface area contributed by atoms with Gasteiger partial charge in [0.15, 0.2) is 0 Å². The van der Waals surface area contributed by atoms with Crippen molar-refractivity contribution in [3.05, 3.63) is 23.3 Å². The fourth-order valence-corrected chi connectivity index (χ4v) is 3.70. The van der Waals surface area contributed by atoms with Crippen LogP contribution in [0.25, 0.3) is 0 Å². The van der Waals surface area contributed by atoms with Crippen molar-refractivity contribution >= 4 is 24.5 Å². The van der Waals surface area contributed by atoms with Crippen molar-refractivity contribution in [2.45, 2.75) is 26.2 Å². The van der Waals surface area contributed by atoms with Gasteiger partial charge in [-0.1, -0.05) is 13.0 Å². The van der Waals surface area contributed by atoms with E-state index in [1.165, 1.54) is 19.3 Å². The molecule has 0 radical (unpaired) electrons. The summed E-state index contributed by atoms with van der Waals surface area (Å²) in [4.78, 5) is 17.2. The number of rotatable bonds is 1. The minimum Gasteiger partial charge on any atom is -0.291 e. The molecule has 0 aromatic rings. The number of amides is 2. The highest BCUT2D eigenvalue weighted by Crippen LogP contribution is 2.47. The molecule has 1 aliphatic heterocycles. The van der Waals surface area contributed by atoms with Gasteiger partial charge >= 0.3 is 6.03 Å². The molecule has 17 heavy (non-hydrogen) atoms. The van der Waals surface area contributed by atoms with Crippen molar-refractivity contribution in [1.82, 2.24) is 4.90 Å². The van der Waals surface area contributed by atoms with Crippen LogP contribution in [0, 0.1) is 5.41 Å². The van der Waals surface area contributed by atoms with Gasteiger partial charge in [-0.15, -0.1) is 11.8 Å². The van der Waals surface area contributed by atoms with E-state index < -0.39 is 0 Å². The summed E-state index contributed by atoms with van der Waals surface area (Å²) in [5.74, 6) is 1.09. The summed E-state index contributed by atoms with van der Waals surface area (Å²) in [5, 5.41) is 2.04. The molecule has 0 N–H and O–H groups in total. The third-order valence-electron chi connectivity index (χ3n) is 3.59. The van der Waals surface area contributed by atoms with Gasteiger partial charge in [0, 0.05) is 12.3 Å². The summed E-state index contributed by atoms with van der Waals surface area (Å²) in [5.41, 5.74) is 2.10. The quantitative estimate of drug-likeness (QED) is 0.668. The van der Waals surface area contributed by atoms with Crippen LogP contribution >= 0.6 is 11.8 Å². The molecule has 0 bridgehead atoms. The lowest BCUT2D eigenvalue weighted by molar-refractivity contribution is 0.122.